The average molecular weight is 236 g/mol. The van der Waals surface area contributed by atoms with Crippen molar-refractivity contribution in [1.82, 2.24) is 10.6 Å². The largest absolute Gasteiger partial charge is 0.497 e. The third-order valence-electron chi connectivity index (χ3n) is 2.52. The zero-order valence-corrected chi connectivity index (χ0v) is 11.1. The highest BCUT2D eigenvalue weighted by molar-refractivity contribution is 5.26. The molecule has 0 unspecified atom stereocenters. The average Bonchev–Trinajstić information content (AvgIpc) is 2.34. The monoisotopic (exact) mass is 236 g/mol. The first kappa shape index (κ1) is 14.0. The summed E-state index contributed by atoms with van der Waals surface area (Å²) >= 11 is 0. The zero-order chi connectivity index (χ0) is 12.5. The highest BCUT2D eigenvalue weighted by atomic mass is 16.5. The lowest BCUT2D eigenvalue weighted by atomic mass is 10.2. The fraction of sp³-hybridized carbons (Fsp3) is 0.571. The molecule has 0 heterocycles. The molecule has 0 saturated heterocycles. The molecule has 0 radical (unpaired) electrons. The van der Waals surface area contributed by atoms with E-state index in [0.29, 0.717) is 0 Å². The lowest BCUT2D eigenvalue weighted by Gasteiger charge is -2.08. The normalized spacial score (nSPS) is 10.8. The van der Waals surface area contributed by atoms with Crippen molar-refractivity contribution in [2.45, 2.75) is 20.4 Å². The molecule has 17 heavy (non-hydrogen) atoms. The molecule has 0 saturated carbocycles. The Morgan fingerprint density at radius 1 is 1.06 bits per heavy atom. The number of hydrogen-bond acceptors (Lipinski definition) is 3. The van der Waals surface area contributed by atoms with Crippen molar-refractivity contribution in [3.05, 3.63) is 29.8 Å². The number of methoxy groups -OCH3 is 1. The van der Waals surface area contributed by atoms with E-state index in [2.05, 4.69) is 36.6 Å². The van der Waals surface area contributed by atoms with E-state index in [9.17, 15) is 0 Å². The van der Waals surface area contributed by atoms with E-state index in [1.807, 2.05) is 12.1 Å². The van der Waals surface area contributed by atoms with Gasteiger partial charge >= 0.3 is 0 Å². The van der Waals surface area contributed by atoms with Crippen LogP contribution in [-0.2, 0) is 6.54 Å². The second-order valence-electron chi connectivity index (χ2n) is 4.62. The molecular weight excluding hydrogens is 212 g/mol. The molecule has 0 aliphatic heterocycles. The lowest BCUT2D eigenvalue weighted by molar-refractivity contribution is 0.414. The number of nitrogens with one attached hydrogen (secondary N) is 2. The maximum atomic E-state index is 5.12. The lowest BCUT2D eigenvalue weighted by Crippen LogP contribution is -2.29. The molecule has 1 aromatic carbocycles. The fourth-order valence-corrected chi connectivity index (χ4v) is 1.54. The van der Waals surface area contributed by atoms with Crippen LogP contribution in [0.2, 0.25) is 0 Å². The van der Waals surface area contributed by atoms with Crippen LogP contribution < -0.4 is 15.4 Å². The molecule has 0 aliphatic carbocycles. The first-order valence-electron chi connectivity index (χ1n) is 6.26. The van der Waals surface area contributed by atoms with Crippen molar-refractivity contribution >= 4 is 0 Å². The molecule has 0 bridgehead atoms. The van der Waals surface area contributed by atoms with Gasteiger partial charge in [-0.15, -0.1) is 0 Å². The molecule has 0 fully saturated rings. The third kappa shape index (κ3) is 6.29. The van der Waals surface area contributed by atoms with Crippen LogP contribution in [0.15, 0.2) is 24.3 Å². The molecule has 1 rings (SSSR count). The molecule has 2 N–H and O–H groups in total. The van der Waals surface area contributed by atoms with Crippen molar-refractivity contribution in [3.8, 4) is 5.75 Å². The van der Waals surface area contributed by atoms with Crippen LogP contribution in [0.3, 0.4) is 0 Å². The van der Waals surface area contributed by atoms with E-state index >= 15 is 0 Å². The van der Waals surface area contributed by atoms with Crippen LogP contribution in [0.5, 0.6) is 5.75 Å². The first-order chi connectivity index (χ1) is 8.22. The van der Waals surface area contributed by atoms with E-state index in [-0.39, 0.29) is 0 Å². The highest BCUT2D eigenvalue weighted by Crippen LogP contribution is 2.10. The summed E-state index contributed by atoms with van der Waals surface area (Å²) in [6.07, 6.45) is 0. The molecule has 0 spiro atoms. The van der Waals surface area contributed by atoms with Crippen LogP contribution in [0.1, 0.15) is 19.4 Å². The minimum absolute atomic E-state index is 0.719. The highest BCUT2D eigenvalue weighted by Gasteiger charge is 1.95. The molecule has 96 valence electrons. The summed E-state index contributed by atoms with van der Waals surface area (Å²) in [7, 11) is 1.69. The van der Waals surface area contributed by atoms with Crippen molar-refractivity contribution in [1.29, 1.82) is 0 Å². The Labute approximate surface area is 105 Å². The number of hydrogen-bond donors (Lipinski definition) is 2. The van der Waals surface area contributed by atoms with Crippen molar-refractivity contribution in [2.75, 3.05) is 26.7 Å². The van der Waals surface area contributed by atoms with Gasteiger partial charge in [-0.3, -0.25) is 0 Å². The topological polar surface area (TPSA) is 33.3 Å². The molecule has 0 aromatic heterocycles. The van der Waals surface area contributed by atoms with Gasteiger partial charge < -0.3 is 15.4 Å². The molecular formula is C14H24N2O. The van der Waals surface area contributed by atoms with Crippen LogP contribution in [0.25, 0.3) is 0 Å². The van der Waals surface area contributed by atoms with Gasteiger partial charge in [0.05, 0.1) is 7.11 Å². The van der Waals surface area contributed by atoms with Gasteiger partial charge in [0.1, 0.15) is 5.75 Å². The number of benzene rings is 1. The van der Waals surface area contributed by atoms with E-state index in [1.165, 1.54) is 5.56 Å². The molecule has 3 nitrogen and oxygen atoms in total. The third-order valence-corrected chi connectivity index (χ3v) is 2.52. The quantitative estimate of drug-likeness (QED) is 0.678. The van der Waals surface area contributed by atoms with Crippen LogP contribution >= 0.6 is 0 Å². The SMILES string of the molecule is COc1ccc(CNCCNCC(C)C)cc1. The Bertz CT molecular complexity index is 296. The van der Waals surface area contributed by atoms with Crippen molar-refractivity contribution < 1.29 is 4.74 Å². The zero-order valence-electron chi connectivity index (χ0n) is 11.1. The summed E-state index contributed by atoms with van der Waals surface area (Å²) in [4.78, 5) is 0. The van der Waals surface area contributed by atoms with Gasteiger partial charge in [0.15, 0.2) is 0 Å². The second kappa shape index (κ2) is 8.09. The standard InChI is InChI=1S/C14H24N2O/c1-12(2)10-15-8-9-16-11-13-4-6-14(17-3)7-5-13/h4-7,12,15-16H,8-11H2,1-3H3. The smallest absolute Gasteiger partial charge is 0.118 e. The summed E-state index contributed by atoms with van der Waals surface area (Å²) in [5.74, 6) is 1.63. The van der Waals surface area contributed by atoms with Gasteiger partial charge in [0.25, 0.3) is 0 Å². The van der Waals surface area contributed by atoms with Gasteiger partial charge in [0, 0.05) is 19.6 Å². The number of ether oxygens (including phenoxy) is 1. The Kier molecular flexibility index (Phi) is 6.67. The fourth-order valence-electron chi connectivity index (χ4n) is 1.54. The van der Waals surface area contributed by atoms with Gasteiger partial charge in [-0.05, 0) is 30.2 Å². The summed E-state index contributed by atoms with van der Waals surface area (Å²) < 4.78 is 5.12. The van der Waals surface area contributed by atoms with Crippen molar-refractivity contribution in [3.63, 3.8) is 0 Å². The number of rotatable bonds is 8. The Morgan fingerprint density at radius 2 is 1.71 bits per heavy atom. The summed E-state index contributed by atoms with van der Waals surface area (Å²) in [6.45, 7) is 8.46. The minimum atomic E-state index is 0.719. The first-order valence-corrected chi connectivity index (χ1v) is 6.26. The van der Waals surface area contributed by atoms with Crippen molar-refractivity contribution in [2.24, 2.45) is 5.92 Å². The van der Waals surface area contributed by atoms with Gasteiger partial charge in [0.2, 0.25) is 0 Å². The van der Waals surface area contributed by atoms with E-state index in [1.54, 1.807) is 7.11 Å². The van der Waals surface area contributed by atoms with E-state index < -0.39 is 0 Å². The summed E-state index contributed by atoms with van der Waals surface area (Å²) in [5.41, 5.74) is 1.29. The predicted molar refractivity (Wildman–Crippen MR) is 72.4 cm³/mol. The summed E-state index contributed by atoms with van der Waals surface area (Å²) in [6, 6.07) is 8.17. The molecule has 3 heteroatoms. The van der Waals surface area contributed by atoms with Gasteiger partial charge in [-0.2, -0.15) is 0 Å². The molecule has 0 amide bonds. The molecule has 1 aromatic rings. The molecule has 0 aliphatic rings. The Balaban J connectivity index is 2.09. The maximum absolute atomic E-state index is 5.12. The van der Waals surface area contributed by atoms with Gasteiger partial charge in [-0.25, -0.2) is 0 Å². The van der Waals surface area contributed by atoms with Crippen LogP contribution in [0.4, 0.5) is 0 Å². The van der Waals surface area contributed by atoms with E-state index in [4.69, 9.17) is 4.74 Å². The Hall–Kier alpha value is -1.06. The van der Waals surface area contributed by atoms with Gasteiger partial charge in [-0.1, -0.05) is 26.0 Å². The Morgan fingerprint density at radius 3 is 2.29 bits per heavy atom. The molecule has 0 atom stereocenters. The second-order valence-corrected chi connectivity index (χ2v) is 4.62. The minimum Gasteiger partial charge on any atom is -0.497 e. The predicted octanol–water partition coefficient (Wildman–Crippen LogP) is 2.03. The maximum Gasteiger partial charge on any atom is 0.118 e. The van der Waals surface area contributed by atoms with E-state index in [0.717, 1.165) is 37.8 Å². The summed E-state index contributed by atoms with van der Waals surface area (Å²) in [5, 5.41) is 6.82. The van der Waals surface area contributed by atoms with Crippen LogP contribution in [-0.4, -0.2) is 26.7 Å². The van der Waals surface area contributed by atoms with Crippen LogP contribution in [0, 0.1) is 5.92 Å².